The fourth-order valence-electron chi connectivity index (χ4n) is 1.70. The zero-order valence-electron chi connectivity index (χ0n) is 10.1. The third-order valence-electron chi connectivity index (χ3n) is 2.70. The van der Waals surface area contributed by atoms with Gasteiger partial charge in [0.2, 0.25) is 0 Å². The molecule has 2 rings (SSSR count). The van der Waals surface area contributed by atoms with E-state index in [1.807, 2.05) is 13.0 Å². The fourth-order valence-corrected chi connectivity index (χ4v) is 1.70. The normalized spacial score (nSPS) is 9.83. The third-order valence-corrected chi connectivity index (χ3v) is 2.70. The van der Waals surface area contributed by atoms with E-state index >= 15 is 0 Å². The first-order valence-electron chi connectivity index (χ1n) is 5.70. The van der Waals surface area contributed by atoms with Gasteiger partial charge in [-0.15, -0.1) is 6.42 Å². The number of hydrogen-bond donors (Lipinski definition) is 1. The average Bonchev–Trinajstić information content (AvgIpc) is 2.41. The molecule has 0 aliphatic rings. The van der Waals surface area contributed by atoms with Crippen LogP contribution >= 0.6 is 0 Å². The minimum absolute atomic E-state index is 0.364. The van der Waals surface area contributed by atoms with Crippen molar-refractivity contribution >= 4 is 11.4 Å². The summed E-state index contributed by atoms with van der Waals surface area (Å²) in [6.07, 6.45) is 9.49. The van der Waals surface area contributed by atoms with E-state index in [0.717, 1.165) is 17.7 Å². The maximum Gasteiger partial charge on any atom is 0.147 e. The van der Waals surface area contributed by atoms with Crippen molar-refractivity contribution < 1.29 is 4.39 Å². The highest BCUT2D eigenvalue weighted by Crippen LogP contribution is 2.23. The Morgan fingerprint density at radius 2 is 2.17 bits per heavy atom. The molecule has 0 bridgehead atoms. The van der Waals surface area contributed by atoms with E-state index in [1.165, 1.54) is 6.07 Å². The average molecular weight is 240 g/mol. The summed E-state index contributed by atoms with van der Waals surface area (Å²) in [7, 11) is 0. The molecule has 1 aromatic carbocycles. The predicted molar refractivity (Wildman–Crippen MR) is 71.2 cm³/mol. The van der Waals surface area contributed by atoms with Crippen LogP contribution in [0.2, 0.25) is 0 Å². The highest BCUT2D eigenvalue weighted by molar-refractivity contribution is 5.63. The quantitative estimate of drug-likeness (QED) is 0.830. The predicted octanol–water partition coefficient (Wildman–Crippen LogP) is 3.51. The van der Waals surface area contributed by atoms with Crippen molar-refractivity contribution in [2.75, 3.05) is 5.32 Å². The van der Waals surface area contributed by atoms with Gasteiger partial charge in [0.1, 0.15) is 5.82 Å². The minimum Gasteiger partial charge on any atom is -0.352 e. The van der Waals surface area contributed by atoms with Gasteiger partial charge in [-0.1, -0.05) is 12.8 Å². The first kappa shape index (κ1) is 12.1. The summed E-state index contributed by atoms with van der Waals surface area (Å²) in [5.74, 6) is 2.04. The molecule has 2 nitrogen and oxygen atoms in total. The van der Waals surface area contributed by atoms with E-state index in [2.05, 4.69) is 16.2 Å². The Bertz CT molecular complexity index is 600. The van der Waals surface area contributed by atoms with E-state index in [1.54, 1.807) is 24.5 Å². The number of aromatic nitrogens is 1. The van der Waals surface area contributed by atoms with Crippen molar-refractivity contribution in [2.24, 2.45) is 0 Å². The lowest BCUT2D eigenvalue weighted by Gasteiger charge is -2.11. The van der Waals surface area contributed by atoms with Crippen molar-refractivity contribution in [3.05, 3.63) is 53.6 Å². The summed E-state index contributed by atoms with van der Waals surface area (Å²) in [4.78, 5) is 4.04. The standard InChI is InChI=1S/C15H13FN2/c1-3-11-5-6-14(13(16)9-11)18-15-10-17-8-7-12(15)4-2/h1,5-10,18H,4H2,2H3. The Balaban J connectivity index is 2.32. The fraction of sp³-hybridized carbons (Fsp3) is 0.133. The van der Waals surface area contributed by atoms with Crippen LogP contribution in [0.4, 0.5) is 15.8 Å². The third kappa shape index (κ3) is 2.49. The number of rotatable bonds is 3. The summed E-state index contributed by atoms with van der Waals surface area (Å²) in [6.45, 7) is 2.04. The monoisotopic (exact) mass is 240 g/mol. The molecule has 0 spiro atoms. The molecule has 0 saturated heterocycles. The zero-order valence-corrected chi connectivity index (χ0v) is 10.1. The molecular formula is C15H13FN2. The lowest BCUT2D eigenvalue weighted by Crippen LogP contribution is -1.98. The van der Waals surface area contributed by atoms with Gasteiger partial charge in [0.25, 0.3) is 0 Å². The van der Waals surface area contributed by atoms with E-state index in [9.17, 15) is 4.39 Å². The van der Waals surface area contributed by atoms with Crippen LogP contribution < -0.4 is 5.32 Å². The summed E-state index contributed by atoms with van der Waals surface area (Å²) >= 11 is 0. The molecule has 0 atom stereocenters. The molecule has 90 valence electrons. The van der Waals surface area contributed by atoms with Gasteiger partial charge in [-0.3, -0.25) is 4.98 Å². The van der Waals surface area contributed by atoms with Crippen LogP contribution in [0, 0.1) is 18.2 Å². The van der Waals surface area contributed by atoms with Crippen molar-refractivity contribution in [3.63, 3.8) is 0 Å². The van der Waals surface area contributed by atoms with Gasteiger partial charge in [0.15, 0.2) is 0 Å². The highest BCUT2D eigenvalue weighted by atomic mass is 19.1. The number of nitrogens with one attached hydrogen (secondary N) is 1. The van der Waals surface area contributed by atoms with Crippen LogP contribution in [0.15, 0.2) is 36.7 Å². The van der Waals surface area contributed by atoms with Gasteiger partial charge >= 0.3 is 0 Å². The molecule has 0 unspecified atom stereocenters. The molecule has 0 fully saturated rings. The largest absolute Gasteiger partial charge is 0.352 e. The lowest BCUT2D eigenvalue weighted by atomic mass is 10.1. The highest BCUT2D eigenvalue weighted by Gasteiger charge is 2.05. The number of anilines is 2. The van der Waals surface area contributed by atoms with Gasteiger partial charge in [0.05, 0.1) is 17.6 Å². The molecule has 1 N–H and O–H groups in total. The number of nitrogens with zero attached hydrogens (tertiary/aromatic N) is 1. The molecule has 0 saturated carbocycles. The molecule has 18 heavy (non-hydrogen) atoms. The Kier molecular flexibility index (Phi) is 3.59. The number of pyridine rings is 1. The Morgan fingerprint density at radius 1 is 1.33 bits per heavy atom. The SMILES string of the molecule is C#Cc1ccc(Nc2cnccc2CC)c(F)c1. The maximum atomic E-state index is 13.8. The Labute approximate surface area is 106 Å². The summed E-state index contributed by atoms with van der Waals surface area (Å²) in [5, 5.41) is 3.04. The topological polar surface area (TPSA) is 24.9 Å². The van der Waals surface area contributed by atoms with E-state index in [0.29, 0.717) is 11.3 Å². The van der Waals surface area contributed by atoms with Crippen LogP contribution in [-0.4, -0.2) is 4.98 Å². The number of halogens is 1. The smallest absolute Gasteiger partial charge is 0.147 e. The van der Waals surface area contributed by atoms with Gasteiger partial charge in [0, 0.05) is 11.8 Å². The van der Waals surface area contributed by atoms with Crippen LogP contribution in [0.25, 0.3) is 0 Å². The molecule has 3 heteroatoms. The number of hydrogen-bond acceptors (Lipinski definition) is 2. The van der Waals surface area contributed by atoms with Crippen LogP contribution in [0.1, 0.15) is 18.1 Å². The molecule has 2 aromatic rings. The van der Waals surface area contributed by atoms with E-state index < -0.39 is 0 Å². The summed E-state index contributed by atoms with van der Waals surface area (Å²) < 4.78 is 13.8. The Hall–Kier alpha value is -2.34. The molecule has 0 radical (unpaired) electrons. The first-order chi connectivity index (χ1) is 8.74. The van der Waals surface area contributed by atoms with E-state index in [4.69, 9.17) is 6.42 Å². The molecule has 0 amide bonds. The van der Waals surface area contributed by atoms with Crippen LogP contribution in [0.3, 0.4) is 0 Å². The molecule has 1 aromatic heterocycles. The van der Waals surface area contributed by atoms with Gasteiger partial charge in [-0.25, -0.2) is 4.39 Å². The van der Waals surface area contributed by atoms with Gasteiger partial charge in [-0.2, -0.15) is 0 Å². The van der Waals surface area contributed by atoms with Crippen molar-refractivity contribution in [1.29, 1.82) is 0 Å². The zero-order chi connectivity index (χ0) is 13.0. The maximum absolute atomic E-state index is 13.8. The molecule has 1 heterocycles. The lowest BCUT2D eigenvalue weighted by molar-refractivity contribution is 0.631. The molecule has 0 aliphatic heterocycles. The van der Waals surface area contributed by atoms with Gasteiger partial charge in [-0.05, 0) is 36.2 Å². The van der Waals surface area contributed by atoms with Crippen molar-refractivity contribution in [2.45, 2.75) is 13.3 Å². The van der Waals surface area contributed by atoms with Crippen molar-refractivity contribution in [1.82, 2.24) is 4.98 Å². The first-order valence-corrected chi connectivity index (χ1v) is 5.70. The van der Waals surface area contributed by atoms with E-state index in [-0.39, 0.29) is 5.82 Å². The molecule has 0 aliphatic carbocycles. The second-order valence-corrected chi connectivity index (χ2v) is 3.85. The van der Waals surface area contributed by atoms with Crippen molar-refractivity contribution in [3.8, 4) is 12.3 Å². The van der Waals surface area contributed by atoms with Crippen LogP contribution in [-0.2, 0) is 6.42 Å². The minimum atomic E-state index is -0.364. The Morgan fingerprint density at radius 3 is 2.83 bits per heavy atom. The summed E-state index contributed by atoms with van der Waals surface area (Å²) in [5.41, 5.74) is 2.83. The summed E-state index contributed by atoms with van der Waals surface area (Å²) in [6, 6.07) is 6.59. The van der Waals surface area contributed by atoms with Crippen LogP contribution in [0.5, 0.6) is 0 Å². The molecular weight excluding hydrogens is 227 g/mol. The van der Waals surface area contributed by atoms with Gasteiger partial charge < -0.3 is 5.32 Å². The number of terminal acetylenes is 1. The number of aryl methyl sites for hydroxylation is 1. The second-order valence-electron chi connectivity index (χ2n) is 3.85. The second kappa shape index (κ2) is 5.33. The number of benzene rings is 1.